The maximum atomic E-state index is 5.99. The third kappa shape index (κ3) is 3.72. The molecule has 1 aromatic rings. The molecule has 4 nitrogen and oxygen atoms in total. The van der Waals surface area contributed by atoms with E-state index in [1.807, 2.05) is 12.1 Å². The molecule has 3 saturated heterocycles. The number of benzene rings is 1. The van der Waals surface area contributed by atoms with Crippen molar-refractivity contribution >= 4 is 17.3 Å². The molecule has 3 atom stereocenters. The van der Waals surface area contributed by atoms with Crippen LogP contribution in [0.5, 0.6) is 0 Å². The molecule has 132 valence electrons. The molecule has 0 saturated carbocycles. The summed E-state index contributed by atoms with van der Waals surface area (Å²) >= 11 is 5.99. The van der Waals surface area contributed by atoms with Gasteiger partial charge in [-0.2, -0.15) is 0 Å². The minimum Gasteiger partial charge on any atom is -0.376 e. The minimum absolute atomic E-state index is 0.391. The van der Waals surface area contributed by atoms with Crippen molar-refractivity contribution in [3.8, 4) is 0 Å². The van der Waals surface area contributed by atoms with Gasteiger partial charge in [-0.05, 0) is 50.5 Å². The molecule has 3 heterocycles. The van der Waals surface area contributed by atoms with Gasteiger partial charge in [0.25, 0.3) is 0 Å². The zero-order valence-corrected chi connectivity index (χ0v) is 15.2. The first kappa shape index (κ1) is 16.6. The number of morpholine rings is 1. The number of fused-ring (bicyclic) bond motifs is 1. The summed E-state index contributed by atoms with van der Waals surface area (Å²) in [5.41, 5.74) is 1.29. The summed E-state index contributed by atoms with van der Waals surface area (Å²) in [6.07, 6.45) is 4.07. The lowest BCUT2D eigenvalue weighted by Crippen LogP contribution is -2.47. The molecule has 0 spiro atoms. The third-order valence-electron chi connectivity index (χ3n) is 5.75. The van der Waals surface area contributed by atoms with Crippen LogP contribution in [0.3, 0.4) is 0 Å². The topological polar surface area (TPSA) is 27.7 Å². The number of hydrogen-bond acceptors (Lipinski definition) is 4. The van der Waals surface area contributed by atoms with Crippen molar-refractivity contribution in [2.75, 3.05) is 37.7 Å². The van der Waals surface area contributed by atoms with Crippen LogP contribution in [0.4, 0.5) is 5.69 Å². The Morgan fingerprint density at radius 2 is 1.83 bits per heavy atom. The Morgan fingerprint density at radius 3 is 2.58 bits per heavy atom. The second kappa shape index (κ2) is 7.20. The molecular weight excluding hydrogens is 322 g/mol. The molecule has 0 aliphatic carbocycles. The SMILES string of the molecule is C[C@@H]1CN2C[C@H](NC3CCN(c4ccc(Cl)cc4)CC3)C[C@H]2CO1. The van der Waals surface area contributed by atoms with Gasteiger partial charge in [0.15, 0.2) is 0 Å². The van der Waals surface area contributed by atoms with Crippen molar-refractivity contribution in [1.82, 2.24) is 10.2 Å². The molecule has 3 aliphatic heterocycles. The van der Waals surface area contributed by atoms with Crippen LogP contribution in [0.1, 0.15) is 26.2 Å². The first-order valence-corrected chi connectivity index (χ1v) is 9.67. The maximum absolute atomic E-state index is 5.99. The minimum atomic E-state index is 0.391. The second-order valence-electron chi connectivity index (χ2n) is 7.59. The van der Waals surface area contributed by atoms with Crippen LogP contribution in [-0.4, -0.2) is 61.9 Å². The Bertz CT molecular complexity index is 544. The molecule has 0 bridgehead atoms. The smallest absolute Gasteiger partial charge is 0.0674 e. The molecule has 1 N–H and O–H groups in total. The summed E-state index contributed by atoms with van der Waals surface area (Å²) in [6.45, 7) is 7.63. The highest BCUT2D eigenvalue weighted by Gasteiger charge is 2.37. The van der Waals surface area contributed by atoms with Gasteiger partial charge in [0.05, 0.1) is 12.7 Å². The number of ether oxygens (including phenoxy) is 1. The molecule has 0 radical (unpaired) electrons. The molecule has 5 heteroatoms. The Kier molecular flexibility index (Phi) is 5.00. The highest BCUT2D eigenvalue weighted by atomic mass is 35.5. The van der Waals surface area contributed by atoms with Gasteiger partial charge >= 0.3 is 0 Å². The molecule has 3 fully saturated rings. The van der Waals surface area contributed by atoms with Gasteiger partial charge in [-0.15, -0.1) is 0 Å². The first-order valence-electron chi connectivity index (χ1n) is 9.29. The Balaban J connectivity index is 1.26. The van der Waals surface area contributed by atoms with Gasteiger partial charge in [-0.3, -0.25) is 4.90 Å². The number of rotatable bonds is 3. The fourth-order valence-electron chi connectivity index (χ4n) is 4.45. The van der Waals surface area contributed by atoms with Crippen molar-refractivity contribution in [3.05, 3.63) is 29.3 Å². The number of halogens is 1. The average molecular weight is 350 g/mol. The van der Waals surface area contributed by atoms with Gasteiger partial charge in [0, 0.05) is 55.0 Å². The van der Waals surface area contributed by atoms with E-state index >= 15 is 0 Å². The maximum Gasteiger partial charge on any atom is 0.0674 e. The number of piperidine rings is 1. The van der Waals surface area contributed by atoms with Crippen LogP contribution in [0.15, 0.2) is 24.3 Å². The van der Waals surface area contributed by atoms with E-state index < -0.39 is 0 Å². The van der Waals surface area contributed by atoms with Crippen molar-refractivity contribution in [2.24, 2.45) is 0 Å². The summed E-state index contributed by atoms with van der Waals surface area (Å²) in [7, 11) is 0. The van der Waals surface area contributed by atoms with Crippen LogP contribution in [0.25, 0.3) is 0 Å². The zero-order chi connectivity index (χ0) is 16.5. The predicted octanol–water partition coefficient (Wildman–Crippen LogP) is 2.76. The lowest BCUT2D eigenvalue weighted by molar-refractivity contribution is -0.0390. The molecule has 0 aromatic heterocycles. The van der Waals surface area contributed by atoms with Crippen molar-refractivity contribution < 1.29 is 4.74 Å². The quantitative estimate of drug-likeness (QED) is 0.908. The predicted molar refractivity (Wildman–Crippen MR) is 99.0 cm³/mol. The molecule has 24 heavy (non-hydrogen) atoms. The highest BCUT2D eigenvalue weighted by Crippen LogP contribution is 2.26. The van der Waals surface area contributed by atoms with Crippen LogP contribution >= 0.6 is 11.6 Å². The fraction of sp³-hybridized carbons (Fsp3) is 0.684. The summed E-state index contributed by atoms with van der Waals surface area (Å²) < 4.78 is 5.82. The van der Waals surface area contributed by atoms with Gasteiger partial charge in [-0.25, -0.2) is 0 Å². The van der Waals surface area contributed by atoms with E-state index in [1.54, 1.807) is 0 Å². The summed E-state index contributed by atoms with van der Waals surface area (Å²) in [5, 5.41) is 4.74. The third-order valence-corrected chi connectivity index (χ3v) is 6.00. The molecule has 0 unspecified atom stereocenters. The van der Waals surface area contributed by atoms with E-state index in [0.717, 1.165) is 31.3 Å². The lowest BCUT2D eigenvalue weighted by atomic mass is 10.0. The Hall–Kier alpha value is -0.810. The number of anilines is 1. The van der Waals surface area contributed by atoms with Gasteiger partial charge in [0.2, 0.25) is 0 Å². The molecule has 4 rings (SSSR count). The van der Waals surface area contributed by atoms with Crippen LogP contribution < -0.4 is 10.2 Å². The van der Waals surface area contributed by atoms with Crippen LogP contribution in [0.2, 0.25) is 5.02 Å². The molecule has 3 aliphatic rings. The summed E-state index contributed by atoms with van der Waals surface area (Å²) in [4.78, 5) is 5.09. The Labute approximate surface area is 150 Å². The van der Waals surface area contributed by atoms with E-state index in [2.05, 4.69) is 34.2 Å². The highest BCUT2D eigenvalue weighted by molar-refractivity contribution is 6.30. The normalized spacial score (nSPS) is 32.1. The fourth-order valence-corrected chi connectivity index (χ4v) is 4.58. The van der Waals surface area contributed by atoms with Gasteiger partial charge < -0.3 is 15.0 Å². The standard InChI is InChI=1S/C19H28ClN3O/c1-14-11-23-12-17(10-19(23)13-24-14)21-16-6-8-22(9-7-16)18-4-2-15(20)3-5-18/h2-5,14,16-17,19,21H,6-13H2,1H3/t14-,17-,19+/m1/s1. The average Bonchev–Trinajstić information content (AvgIpc) is 2.98. The molecular formula is C19H28ClN3O. The number of nitrogens with one attached hydrogen (secondary N) is 1. The van der Waals surface area contributed by atoms with E-state index in [-0.39, 0.29) is 0 Å². The second-order valence-corrected chi connectivity index (χ2v) is 8.03. The monoisotopic (exact) mass is 349 g/mol. The van der Waals surface area contributed by atoms with Gasteiger partial charge in [-0.1, -0.05) is 11.6 Å². The van der Waals surface area contributed by atoms with Gasteiger partial charge in [0.1, 0.15) is 0 Å². The molecule has 0 amide bonds. The first-order chi connectivity index (χ1) is 11.7. The molecule has 1 aromatic carbocycles. The summed E-state index contributed by atoms with van der Waals surface area (Å²) in [6, 6.07) is 10.2. The van der Waals surface area contributed by atoms with Crippen molar-refractivity contribution in [1.29, 1.82) is 0 Å². The zero-order valence-electron chi connectivity index (χ0n) is 14.5. The van der Waals surface area contributed by atoms with Crippen LogP contribution in [-0.2, 0) is 4.74 Å². The van der Waals surface area contributed by atoms with E-state index in [4.69, 9.17) is 16.3 Å². The lowest BCUT2D eigenvalue weighted by Gasteiger charge is -2.35. The van der Waals surface area contributed by atoms with Crippen molar-refractivity contribution in [2.45, 2.75) is 50.4 Å². The number of nitrogens with zero attached hydrogens (tertiary/aromatic N) is 2. The van der Waals surface area contributed by atoms with E-state index in [9.17, 15) is 0 Å². The summed E-state index contributed by atoms with van der Waals surface area (Å²) in [5.74, 6) is 0. The van der Waals surface area contributed by atoms with E-state index in [1.165, 1.54) is 31.5 Å². The van der Waals surface area contributed by atoms with Crippen molar-refractivity contribution in [3.63, 3.8) is 0 Å². The number of hydrogen-bond donors (Lipinski definition) is 1. The Morgan fingerprint density at radius 1 is 1.08 bits per heavy atom. The van der Waals surface area contributed by atoms with E-state index in [0.29, 0.717) is 24.2 Å². The van der Waals surface area contributed by atoms with Crippen LogP contribution in [0, 0.1) is 0 Å². The largest absolute Gasteiger partial charge is 0.376 e.